The smallest absolute Gasteiger partial charge is 0.264 e. The molecule has 2 amide bonds. The monoisotopic (exact) mass is 609 g/mol. The molecule has 1 atom stereocenters. The average Bonchev–Trinajstić information content (AvgIpc) is 2.87. The predicted molar refractivity (Wildman–Crippen MR) is 141 cm³/mol. The molecular formula is C25H25FIN3O4S. The van der Waals surface area contributed by atoms with Crippen LogP contribution < -0.4 is 9.62 Å². The van der Waals surface area contributed by atoms with Gasteiger partial charge in [-0.15, -0.1) is 0 Å². The summed E-state index contributed by atoms with van der Waals surface area (Å²) in [6.45, 7) is 1.03. The minimum Gasteiger partial charge on any atom is -0.357 e. The Morgan fingerprint density at radius 3 is 2.14 bits per heavy atom. The summed E-state index contributed by atoms with van der Waals surface area (Å²) in [6, 6.07) is 19.3. The highest BCUT2D eigenvalue weighted by atomic mass is 127. The summed E-state index contributed by atoms with van der Waals surface area (Å²) < 4.78 is 42.5. The second kappa shape index (κ2) is 11.6. The van der Waals surface area contributed by atoms with Crippen molar-refractivity contribution >= 4 is 50.1 Å². The van der Waals surface area contributed by atoms with Crippen LogP contribution in [0.3, 0.4) is 0 Å². The number of carbonyl (C=O) groups is 2. The van der Waals surface area contributed by atoms with Gasteiger partial charge in [0.15, 0.2) is 0 Å². The summed E-state index contributed by atoms with van der Waals surface area (Å²) in [5.41, 5.74) is 0.916. The lowest BCUT2D eigenvalue weighted by Crippen LogP contribution is -2.50. The molecular weight excluding hydrogens is 584 g/mol. The summed E-state index contributed by atoms with van der Waals surface area (Å²) in [5.74, 6) is -1.42. The van der Waals surface area contributed by atoms with Gasteiger partial charge < -0.3 is 10.2 Å². The zero-order valence-electron chi connectivity index (χ0n) is 19.2. The summed E-state index contributed by atoms with van der Waals surface area (Å²) >= 11 is 2.11. The Bertz CT molecular complexity index is 1270. The van der Waals surface area contributed by atoms with Gasteiger partial charge in [0, 0.05) is 17.2 Å². The third-order valence-corrected chi connectivity index (χ3v) is 7.91. The standard InChI is InChI=1S/C25H25FIN3O4S/c1-18(25(32)28-2)29(16-19-8-10-20(26)11-9-19)24(31)17-30(22-14-12-21(27)13-15-22)35(33,34)23-6-4-3-5-7-23/h3-15,18H,16-17H2,1-2H3,(H,28,32)/t18-/m0/s1. The van der Waals surface area contributed by atoms with Crippen LogP contribution in [0.1, 0.15) is 12.5 Å². The van der Waals surface area contributed by atoms with Gasteiger partial charge in [0.2, 0.25) is 11.8 Å². The van der Waals surface area contributed by atoms with E-state index >= 15 is 0 Å². The highest BCUT2D eigenvalue weighted by Crippen LogP contribution is 2.25. The van der Waals surface area contributed by atoms with Crippen molar-refractivity contribution < 1.29 is 22.4 Å². The lowest BCUT2D eigenvalue weighted by atomic mass is 10.1. The molecule has 0 radical (unpaired) electrons. The molecule has 3 rings (SSSR count). The number of likely N-dealkylation sites (N-methyl/N-ethyl adjacent to an activating group) is 1. The Morgan fingerprint density at radius 1 is 0.971 bits per heavy atom. The van der Waals surface area contributed by atoms with Gasteiger partial charge >= 0.3 is 0 Å². The van der Waals surface area contributed by atoms with E-state index in [1.54, 1.807) is 49.4 Å². The molecule has 35 heavy (non-hydrogen) atoms. The van der Waals surface area contributed by atoms with Crippen LogP contribution in [0.15, 0.2) is 83.8 Å². The summed E-state index contributed by atoms with van der Waals surface area (Å²) in [7, 11) is -2.64. The number of hydrogen-bond donors (Lipinski definition) is 1. The van der Waals surface area contributed by atoms with Crippen molar-refractivity contribution in [3.05, 3.63) is 93.8 Å². The summed E-state index contributed by atoms with van der Waals surface area (Å²) in [4.78, 5) is 27.3. The molecule has 3 aromatic carbocycles. The lowest BCUT2D eigenvalue weighted by molar-refractivity contribution is -0.139. The van der Waals surface area contributed by atoms with Crippen molar-refractivity contribution in [3.63, 3.8) is 0 Å². The van der Waals surface area contributed by atoms with Crippen molar-refractivity contribution in [2.75, 3.05) is 17.9 Å². The van der Waals surface area contributed by atoms with Crippen LogP contribution >= 0.6 is 22.6 Å². The zero-order valence-corrected chi connectivity index (χ0v) is 22.2. The number of carbonyl (C=O) groups excluding carboxylic acids is 2. The van der Waals surface area contributed by atoms with Crippen LogP contribution in [0.5, 0.6) is 0 Å². The molecule has 184 valence electrons. The molecule has 0 fully saturated rings. The molecule has 0 aliphatic heterocycles. The van der Waals surface area contributed by atoms with Crippen LogP contribution in [0.4, 0.5) is 10.1 Å². The minimum absolute atomic E-state index is 0.000384. The van der Waals surface area contributed by atoms with Gasteiger partial charge in [-0.25, -0.2) is 12.8 Å². The van der Waals surface area contributed by atoms with Gasteiger partial charge in [0.1, 0.15) is 18.4 Å². The number of halogens is 2. The van der Waals surface area contributed by atoms with E-state index in [0.29, 0.717) is 11.3 Å². The van der Waals surface area contributed by atoms with Crippen LogP contribution in [-0.2, 0) is 26.2 Å². The molecule has 0 aliphatic rings. The lowest BCUT2D eigenvalue weighted by Gasteiger charge is -2.31. The minimum atomic E-state index is -4.09. The molecule has 7 nitrogen and oxygen atoms in total. The number of hydrogen-bond acceptors (Lipinski definition) is 4. The van der Waals surface area contributed by atoms with Gasteiger partial charge in [-0.1, -0.05) is 30.3 Å². The van der Waals surface area contributed by atoms with Crippen molar-refractivity contribution in [1.29, 1.82) is 0 Å². The fourth-order valence-corrected chi connectivity index (χ4v) is 5.23. The van der Waals surface area contributed by atoms with Crippen molar-refractivity contribution in [3.8, 4) is 0 Å². The van der Waals surface area contributed by atoms with E-state index in [9.17, 15) is 22.4 Å². The topological polar surface area (TPSA) is 86.8 Å². The molecule has 10 heteroatoms. The maximum Gasteiger partial charge on any atom is 0.264 e. The molecule has 0 aromatic heterocycles. The Kier molecular flexibility index (Phi) is 8.84. The summed E-state index contributed by atoms with van der Waals surface area (Å²) in [6.07, 6.45) is 0. The zero-order chi connectivity index (χ0) is 25.6. The second-order valence-electron chi connectivity index (χ2n) is 7.74. The Balaban J connectivity index is 2.00. The highest BCUT2D eigenvalue weighted by molar-refractivity contribution is 14.1. The van der Waals surface area contributed by atoms with E-state index in [1.807, 2.05) is 0 Å². The van der Waals surface area contributed by atoms with Crippen LogP contribution in [0.2, 0.25) is 0 Å². The van der Waals surface area contributed by atoms with E-state index in [0.717, 1.165) is 7.88 Å². The van der Waals surface area contributed by atoms with Gasteiger partial charge in [-0.2, -0.15) is 0 Å². The van der Waals surface area contributed by atoms with Crippen molar-refractivity contribution in [2.24, 2.45) is 0 Å². The highest BCUT2D eigenvalue weighted by Gasteiger charge is 2.32. The molecule has 0 aliphatic carbocycles. The van der Waals surface area contributed by atoms with E-state index < -0.39 is 40.2 Å². The SMILES string of the molecule is CNC(=O)[C@H](C)N(Cc1ccc(F)cc1)C(=O)CN(c1ccc(I)cc1)S(=O)(=O)c1ccccc1. The summed E-state index contributed by atoms with van der Waals surface area (Å²) in [5, 5.41) is 2.52. The number of benzene rings is 3. The number of anilines is 1. The Labute approximate surface area is 218 Å². The first kappa shape index (κ1) is 26.6. The fourth-order valence-electron chi connectivity index (χ4n) is 3.43. The quantitative estimate of drug-likeness (QED) is 0.375. The number of nitrogens with one attached hydrogen (secondary N) is 1. The maximum atomic E-state index is 13.6. The molecule has 0 bridgehead atoms. The molecule has 0 unspecified atom stereocenters. The number of rotatable bonds is 9. The maximum absolute atomic E-state index is 13.6. The predicted octanol–water partition coefficient (Wildman–Crippen LogP) is 3.79. The molecule has 1 N–H and O–H groups in total. The number of amides is 2. The van der Waals surface area contributed by atoms with Gasteiger partial charge in [-0.3, -0.25) is 13.9 Å². The third kappa shape index (κ3) is 6.57. The number of sulfonamides is 1. The largest absolute Gasteiger partial charge is 0.357 e. The fraction of sp³-hybridized carbons (Fsp3) is 0.200. The molecule has 0 heterocycles. The van der Waals surface area contributed by atoms with E-state index in [1.165, 1.54) is 48.3 Å². The van der Waals surface area contributed by atoms with E-state index in [-0.39, 0.29) is 11.4 Å². The third-order valence-electron chi connectivity index (χ3n) is 5.40. The van der Waals surface area contributed by atoms with Gasteiger partial charge in [0.05, 0.1) is 10.6 Å². The van der Waals surface area contributed by atoms with Gasteiger partial charge in [-0.05, 0) is 83.6 Å². The second-order valence-corrected chi connectivity index (χ2v) is 10.8. The Morgan fingerprint density at radius 2 is 1.57 bits per heavy atom. The van der Waals surface area contributed by atoms with Crippen molar-refractivity contribution in [1.82, 2.24) is 10.2 Å². The number of nitrogens with zero attached hydrogens (tertiary/aromatic N) is 2. The van der Waals surface area contributed by atoms with Crippen molar-refractivity contribution in [2.45, 2.75) is 24.4 Å². The van der Waals surface area contributed by atoms with Gasteiger partial charge in [0.25, 0.3) is 10.0 Å². The first-order valence-corrected chi connectivity index (χ1v) is 13.2. The first-order chi connectivity index (χ1) is 16.6. The van der Waals surface area contributed by atoms with Crippen LogP contribution in [0.25, 0.3) is 0 Å². The van der Waals surface area contributed by atoms with Crippen LogP contribution in [0, 0.1) is 9.39 Å². The Hall–Kier alpha value is -2.99. The molecule has 0 saturated heterocycles. The van der Waals surface area contributed by atoms with E-state index in [2.05, 4.69) is 27.9 Å². The van der Waals surface area contributed by atoms with E-state index in [4.69, 9.17) is 0 Å². The molecule has 0 spiro atoms. The molecule has 3 aromatic rings. The normalized spacial score (nSPS) is 12.0. The average molecular weight is 609 g/mol. The first-order valence-electron chi connectivity index (χ1n) is 10.7. The molecule has 0 saturated carbocycles. The van der Waals surface area contributed by atoms with Crippen LogP contribution in [-0.4, -0.2) is 44.8 Å².